The smallest absolute Gasteiger partial charge is 0.0540 e. The molecular formula is C9H20O. The van der Waals surface area contributed by atoms with E-state index in [9.17, 15) is 5.11 Å². The number of hydrogen-bond donors (Lipinski definition) is 1. The van der Waals surface area contributed by atoms with E-state index in [-0.39, 0.29) is 6.10 Å². The lowest BCUT2D eigenvalue weighted by molar-refractivity contribution is 0.135. The molecule has 0 bridgehead atoms. The maximum atomic E-state index is 9.29. The van der Waals surface area contributed by atoms with Crippen molar-refractivity contribution in [2.45, 2.75) is 52.6 Å². The van der Waals surface area contributed by atoms with Crippen molar-refractivity contribution in [3.05, 3.63) is 0 Å². The lowest BCUT2D eigenvalue weighted by Crippen LogP contribution is -2.11. The highest BCUT2D eigenvalue weighted by atomic mass is 16.3. The van der Waals surface area contributed by atoms with E-state index in [2.05, 4.69) is 13.8 Å². The number of hydrogen-bond acceptors (Lipinski definition) is 1. The molecule has 0 spiro atoms. The summed E-state index contributed by atoms with van der Waals surface area (Å²) in [5, 5.41) is 9.29. The second kappa shape index (κ2) is 5.72. The van der Waals surface area contributed by atoms with Crippen LogP contribution in [0.3, 0.4) is 0 Å². The van der Waals surface area contributed by atoms with Gasteiger partial charge in [0.25, 0.3) is 0 Å². The van der Waals surface area contributed by atoms with Gasteiger partial charge in [-0.1, -0.05) is 33.6 Å². The molecule has 0 aromatic carbocycles. The molecular weight excluding hydrogens is 124 g/mol. The van der Waals surface area contributed by atoms with E-state index in [1.807, 2.05) is 6.92 Å². The zero-order chi connectivity index (χ0) is 7.98. The molecule has 0 heterocycles. The second-order valence-corrected chi connectivity index (χ2v) is 2.98. The third-order valence-electron chi connectivity index (χ3n) is 2.23. The van der Waals surface area contributed by atoms with Crippen LogP contribution in [0.5, 0.6) is 0 Å². The van der Waals surface area contributed by atoms with Gasteiger partial charge in [-0.3, -0.25) is 0 Å². The number of rotatable bonds is 5. The third kappa shape index (κ3) is 3.89. The van der Waals surface area contributed by atoms with Gasteiger partial charge in [-0.25, -0.2) is 0 Å². The van der Waals surface area contributed by atoms with Gasteiger partial charge in [0, 0.05) is 0 Å². The summed E-state index contributed by atoms with van der Waals surface area (Å²) < 4.78 is 0. The summed E-state index contributed by atoms with van der Waals surface area (Å²) in [5.41, 5.74) is 0. The average Bonchev–Trinajstić information content (AvgIpc) is 1.99. The zero-order valence-electron chi connectivity index (χ0n) is 7.43. The standard InChI is InChI=1S/C9H20O/c1-4-8(5-2)7-9(10)6-3/h8-10H,4-7H2,1-3H3/t9-/m0/s1. The Morgan fingerprint density at radius 3 is 1.80 bits per heavy atom. The van der Waals surface area contributed by atoms with Crippen molar-refractivity contribution in [2.24, 2.45) is 5.92 Å². The summed E-state index contributed by atoms with van der Waals surface area (Å²) in [6, 6.07) is 0. The number of aliphatic hydroxyl groups excluding tert-OH is 1. The molecule has 0 unspecified atom stereocenters. The molecule has 0 fully saturated rings. The molecule has 0 aromatic heterocycles. The third-order valence-corrected chi connectivity index (χ3v) is 2.23. The molecule has 0 rings (SSSR count). The van der Waals surface area contributed by atoms with Crippen molar-refractivity contribution in [1.29, 1.82) is 0 Å². The fourth-order valence-corrected chi connectivity index (χ4v) is 1.17. The van der Waals surface area contributed by atoms with Gasteiger partial charge in [0.05, 0.1) is 6.10 Å². The number of aliphatic hydroxyl groups is 1. The van der Waals surface area contributed by atoms with Crippen LogP contribution in [-0.4, -0.2) is 11.2 Å². The fourth-order valence-electron chi connectivity index (χ4n) is 1.17. The summed E-state index contributed by atoms with van der Waals surface area (Å²) >= 11 is 0. The van der Waals surface area contributed by atoms with E-state index in [4.69, 9.17) is 0 Å². The van der Waals surface area contributed by atoms with Gasteiger partial charge in [-0.2, -0.15) is 0 Å². The summed E-state index contributed by atoms with van der Waals surface area (Å²) in [5.74, 6) is 0.731. The molecule has 0 saturated heterocycles. The van der Waals surface area contributed by atoms with E-state index < -0.39 is 0 Å². The first-order valence-corrected chi connectivity index (χ1v) is 4.42. The highest BCUT2D eigenvalue weighted by Crippen LogP contribution is 2.15. The first kappa shape index (κ1) is 9.96. The van der Waals surface area contributed by atoms with Crippen LogP contribution < -0.4 is 0 Å². The van der Waals surface area contributed by atoms with Gasteiger partial charge in [-0.05, 0) is 18.8 Å². The molecule has 0 aliphatic rings. The van der Waals surface area contributed by atoms with E-state index >= 15 is 0 Å². The molecule has 1 atom stereocenters. The van der Waals surface area contributed by atoms with Gasteiger partial charge in [0.2, 0.25) is 0 Å². The molecule has 62 valence electrons. The molecule has 0 saturated carbocycles. The minimum Gasteiger partial charge on any atom is -0.393 e. The Morgan fingerprint density at radius 2 is 1.50 bits per heavy atom. The molecule has 0 aliphatic carbocycles. The van der Waals surface area contributed by atoms with Crippen molar-refractivity contribution < 1.29 is 5.11 Å². The topological polar surface area (TPSA) is 20.2 Å². The molecule has 1 heteroatoms. The molecule has 1 N–H and O–H groups in total. The molecule has 10 heavy (non-hydrogen) atoms. The van der Waals surface area contributed by atoms with Crippen LogP contribution in [0.25, 0.3) is 0 Å². The van der Waals surface area contributed by atoms with Gasteiger partial charge >= 0.3 is 0 Å². The molecule has 0 amide bonds. The van der Waals surface area contributed by atoms with Crippen molar-refractivity contribution >= 4 is 0 Å². The summed E-state index contributed by atoms with van der Waals surface area (Å²) in [4.78, 5) is 0. The fraction of sp³-hybridized carbons (Fsp3) is 1.00. The average molecular weight is 144 g/mol. The van der Waals surface area contributed by atoms with Crippen molar-refractivity contribution in [1.82, 2.24) is 0 Å². The lowest BCUT2D eigenvalue weighted by Gasteiger charge is -2.15. The van der Waals surface area contributed by atoms with Crippen LogP contribution in [0.2, 0.25) is 0 Å². The quantitative estimate of drug-likeness (QED) is 0.628. The predicted molar refractivity (Wildman–Crippen MR) is 45.0 cm³/mol. The maximum absolute atomic E-state index is 9.29. The first-order chi connectivity index (χ1) is 4.74. The van der Waals surface area contributed by atoms with Crippen molar-refractivity contribution in [3.63, 3.8) is 0 Å². The van der Waals surface area contributed by atoms with Gasteiger partial charge in [-0.15, -0.1) is 0 Å². The monoisotopic (exact) mass is 144 g/mol. The van der Waals surface area contributed by atoms with Crippen LogP contribution in [0.4, 0.5) is 0 Å². The minimum atomic E-state index is -0.0649. The Kier molecular flexibility index (Phi) is 5.70. The largest absolute Gasteiger partial charge is 0.393 e. The minimum absolute atomic E-state index is 0.0649. The van der Waals surface area contributed by atoms with E-state index in [1.54, 1.807) is 0 Å². The Labute approximate surface area is 64.5 Å². The normalized spacial score (nSPS) is 14.1. The van der Waals surface area contributed by atoms with E-state index in [1.165, 1.54) is 12.8 Å². The summed E-state index contributed by atoms with van der Waals surface area (Å²) in [6.45, 7) is 6.42. The van der Waals surface area contributed by atoms with E-state index in [0.29, 0.717) is 0 Å². The maximum Gasteiger partial charge on any atom is 0.0540 e. The van der Waals surface area contributed by atoms with Crippen LogP contribution >= 0.6 is 0 Å². The van der Waals surface area contributed by atoms with Crippen LogP contribution in [0.1, 0.15) is 46.5 Å². The Hall–Kier alpha value is -0.0400. The Bertz CT molecular complexity index is 67.1. The zero-order valence-corrected chi connectivity index (χ0v) is 7.43. The Balaban J connectivity index is 3.41. The van der Waals surface area contributed by atoms with Crippen LogP contribution in [-0.2, 0) is 0 Å². The Morgan fingerprint density at radius 1 is 1.00 bits per heavy atom. The highest BCUT2D eigenvalue weighted by molar-refractivity contribution is 4.60. The highest BCUT2D eigenvalue weighted by Gasteiger charge is 2.08. The SMILES string of the molecule is CCC(CC)C[C@@H](O)CC. The van der Waals surface area contributed by atoms with Gasteiger partial charge < -0.3 is 5.11 Å². The first-order valence-electron chi connectivity index (χ1n) is 4.42. The van der Waals surface area contributed by atoms with Gasteiger partial charge in [0.1, 0.15) is 0 Å². The molecule has 1 nitrogen and oxygen atoms in total. The second-order valence-electron chi connectivity index (χ2n) is 2.98. The molecule has 0 radical (unpaired) electrons. The summed E-state index contributed by atoms with van der Waals surface area (Å²) in [6.07, 6.45) is 4.23. The molecule has 0 aromatic rings. The molecule has 0 aliphatic heterocycles. The van der Waals surface area contributed by atoms with Crippen molar-refractivity contribution in [3.8, 4) is 0 Å². The lowest BCUT2D eigenvalue weighted by atomic mass is 9.95. The summed E-state index contributed by atoms with van der Waals surface area (Å²) in [7, 11) is 0. The van der Waals surface area contributed by atoms with E-state index in [0.717, 1.165) is 18.8 Å². The van der Waals surface area contributed by atoms with Crippen LogP contribution in [0, 0.1) is 5.92 Å². The van der Waals surface area contributed by atoms with Crippen LogP contribution in [0.15, 0.2) is 0 Å². The predicted octanol–water partition coefficient (Wildman–Crippen LogP) is 2.58. The van der Waals surface area contributed by atoms with Gasteiger partial charge in [0.15, 0.2) is 0 Å². The van der Waals surface area contributed by atoms with Crippen molar-refractivity contribution in [2.75, 3.05) is 0 Å².